The van der Waals surface area contributed by atoms with Crippen LogP contribution < -0.4 is 0 Å². The van der Waals surface area contributed by atoms with E-state index in [9.17, 15) is 0 Å². The van der Waals surface area contributed by atoms with Crippen molar-refractivity contribution in [2.45, 2.75) is 0 Å². The summed E-state index contributed by atoms with van der Waals surface area (Å²) in [6, 6.07) is 6.91. The predicted molar refractivity (Wildman–Crippen MR) is 51.1 cm³/mol. The molecule has 0 aliphatic carbocycles. The molecule has 0 aliphatic heterocycles. The predicted octanol–water partition coefficient (Wildman–Crippen LogP) is 1.79. The van der Waals surface area contributed by atoms with Gasteiger partial charge in [-0.1, -0.05) is 11.6 Å². The number of hydrogen-bond acceptors (Lipinski definition) is 3. The van der Waals surface area contributed by atoms with Crippen LogP contribution in [-0.2, 0) is 0 Å². The highest BCUT2D eigenvalue weighted by Gasteiger charge is 2.02. The lowest BCUT2D eigenvalue weighted by atomic mass is 10.3. The van der Waals surface area contributed by atoms with Crippen LogP contribution in [0.4, 0.5) is 0 Å². The standard InChI is InChI=1S/C9H5ClN4/c10-8-4-7(6-11)5-9(13-8)14-3-1-2-12-14/h1-5H. The third kappa shape index (κ3) is 1.58. The summed E-state index contributed by atoms with van der Waals surface area (Å²) in [4.78, 5) is 4.04. The molecule has 68 valence electrons. The molecular weight excluding hydrogens is 200 g/mol. The Hall–Kier alpha value is -1.86. The van der Waals surface area contributed by atoms with Gasteiger partial charge in [0.05, 0.1) is 11.6 Å². The highest BCUT2D eigenvalue weighted by atomic mass is 35.5. The Morgan fingerprint density at radius 3 is 2.93 bits per heavy atom. The summed E-state index contributed by atoms with van der Waals surface area (Å²) in [6.07, 6.45) is 3.37. The highest BCUT2D eigenvalue weighted by molar-refractivity contribution is 6.29. The summed E-state index contributed by atoms with van der Waals surface area (Å²) in [6.45, 7) is 0. The molecule has 0 fully saturated rings. The molecule has 0 amide bonds. The first kappa shape index (κ1) is 8.73. The van der Waals surface area contributed by atoms with E-state index in [1.165, 1.54) is 6.07 Å². The molecule has 14 heavy (non-hydrogen) atoms. The Labute approximate surface area is 85.4 Å². The maximum absolute atomic E-state index is 8.72. The third-order valence-electron chi connectivity index (χ3n) is 1.65. The molecule has 0 spiro atoms. The van der Waals surface area contributed by atoms with Crippen molar-refractivity contribution in [3.05, 3.63) is 41.3 Å². The van der Waals surface area contributed by atoms with Crippen LogP contribution in [0, 0.1) is 11.3 Å². The van der Waals surface area contributed by atoms with Crippen molar-refractivity contribution in [2.24, 2.45) is 0 Å². The van der Waals surface area contributed by atoms with Crippen LogP contribution in [0.25, 0.3) is 5.82 Å². The normalized spacial score (nSPS) is 9.71. The van der Waals surface area contributed by atoms with Crippen LogP contribution in [0.1, 0.15) is 5.56 Å². The fourth-order valence-corrected chi connectivity index (χ4v) is 1.27. The first-order chi connectivity index (χ1) is 6.79. The van der Waals surface area contributed by atoms with Gasteiger partial charge >= 0.3 is 0 Å². The zero-order chi connectivity index (χ0) is 9.97. The topological polar surface area (TPSA) is 54.5 Å². The monoisotopic (exact) mass is 204 g/mol. The average molecular weight is 205 g/mol. The number of pyridine rings is 1. The minimum atomic E-state index is 0.287. The number of nitriles is 1. The molecule has 0 saturated carbocycles. The van der Waals surface area contributed by atoms with Gasteiger partial charge in [0.25, 0.3) is 0 Å². The van der Waals surface area contributed by atoms with Crippen molar-refractivity contribution in [1.29, 1.82) is 5.26 Å². The summed E-state index contributed by atoms with van der Waals surface area (Å²) in [5.41, 5.74) is 0.468. The minimum Gasteiger partial charge on any atom is -0.223 e. The maximum Gasteiger partial charge on any atom is 0.156 e. The summed E-state index contributed by atoms with van der Waals surface area (Å²) in [5.74, 6) is 0.541. The molecule has 0 aromatic carbocycles. The van der Waals surface area contributed by atoms with Gasteiger partial charge in [0.1, 0.15) is 5.15 Å². The van der Waals surface area contributed by atoms with Crippen LogP contribution in [0.2, 0.25) is 5.15 Å². The third-order valence-corrected chi connectivity index (χ3v) is 1.84. The number of rotatable bonds is 1. The van der Waals surface area contributed by atoms with E-state index >= 15 is 0 Å². The van der Waals surface area contributed by atoms with E-state index in [1.54, 1.807) is 29.2 Å². The van der Waals surface area contributed by atoms with Gasteiger partial charge in [0, 0.05) is 18.5 Å². The van der Waals surface area contributed by atoms with Crippen molar-refractivity contribution in [1.82, 2.24) is 14.8 Å². The Bertz CT molecular complexity index is 484. The van der Waals surface area contributed by atoms with Crippen molar-refractivity contribution < 1.29 is 0 Å². The molecule has 0 unspecified atom stereocenters. The zero-order valence-corrected chi connectivity index (χ0v) is 7.81. The van der Waals surface area contributed by atoms with E-state index in [0.717, 1.165) is 0 Å². The molecule has 5 heteroatoms. The highest BCUT2D eigenvalue weighted by Crippen LogP contribution is 2.12. The molecule has 4 nitrogen and oxygen atoms in total. The first-order valence-corrected chi connectivity index (χ1v) is 4.25. The van der Waals surface area contributed by atoms with Crippen LogP contribution in [-0.4, -0.2) is 14.8 Å². The molecule has 2 aromatic rings. The van der Waals surface area contributed by atoms with Crippen LogP contribution >= 0.6 is 11.6 Å². The molecular formula is C9H5ClN4. The molecule has 0 saturated heterocycles. The van der Waals surface area contributed by atoms with E-state index in [2.05, 4.69) is 10.1 Å². The van der Waals surface area contributed by atoms with Crippen LogP contribution in [0.3, 0.4) is 0 Å². The van der Waals surface area contributed by atoms with E-state index in [1.807, 2.05) is 6.07 Å². The van der Waals surface area contributed by atoms with Crippen LogP contribution in [0.15, 0.2) is 30.6 Å². The fourth-order valence-electron chi connectivity index (χ4n) is 1.07. The Balaban J connectivity index is 2.55. The van der Waals surface area contributed by atoms with Crippen molar-refractivity contribution in [2.75, 3.05) is 0 Å². The Morgan fingerprint density at radius 2 is 2.29 bits per heavy atom. The summed E-state index contributed by atoms with van der Waals surface area (Å²) in [7, 11) is 0. The van der Waals surface area contributed by atoms with E-state index in [4.69, 9.17) is 16.9 Å². The van der Waals surface area contributed by atoms with E-state index in [0.29, 0.717) is 11.4 Å². The molecule has 0 radical (unpaired) electrons. The van der Waals surface area contributed by atoms with Crippen LogP contribution in [0.5, 0.6) is 0 Å². The summed E-state index contributed by atoms with van der Waals surface area (Å²) in [5, 5.41) is 13.0. The van der Waals surface area contributed by atoms with E-state index < -0.39 is 0 Å². The summed E-state index contributed by atoms with van der Waals surface area (Å²) < 4.78 is 1.55. The van der Waals surface area contributed by atoms with Crippen molar-refractivity contribution >= 4 is 11.6 Å². The first-order valence-electron chi connectivity index (χ1n) is 3.87. The molecule has 0 atom stereocenters. The largest absolute Gasteiger partial charge is 0.223 e. The molecule has 2 heterocycles. The number of halogens is 1. The quantitative estimate of drug-likeness (QED) is 0.666. The maximum atomic E-state index is 8.72. The molecule has 2 aromatic heterocycles. The minimum absolute atomic E-state index is 0.287. The van der Waals surface area contributed by atoms with Gasteiger partial charge in [-0.05, 0) is 12.1 Å². The molecule has 0 N–H and O–H groups in total. The second-order valence-corrected chi connectivity index (χ2v) is 2.99. The van der Waals surface area contributed by atoms with Crippen molar-refractivity contribution in [3.63, 3.8) is 0 Å². The second-order valence-electron chi connectivity index (χ2n) is 2.60. The van der Waals surface area contributed by atoms with E-state index in [-0.39, 0.29) is 5.15 Å². The zero-order valence-electron chi connectivity index (χ0n) is 7.05. The van der Waals surface area contributed by atoms with Gasteiger partial charge in [-0.2, -0.15) is 10.4 Å². The average Bonchev–Trinajstić information content (AvgIpc) is 2.69. The van der Waals surface area contributed by atoms with Gasteiger partial charge in [-0.3, -0.25) is 0 Å². The molecule has 0 aliphatic rings. The van der Waals surface area contributed by atoms with Gasteiger partial charge in [0.2, 0.25) is 0 Å². The van der Waals surface area contributed by atoms with Crippen molar-refractivity contribution in [3.8, 4) is 11.9 Å². The Kier molecular flexibility index (Phi) is 2.17. The van der Waals surface area contributed by atoms with Gasteiger partial charge < -0.3 is 0 Å². The molecule has 2 rings (SSSR count). The second kappa shape index (κ2) is 3.48. The van der Waals surface area contributed by atoms with Gasteiger partial charge in [0.15, 0.2) is 5.82 Å². The smallest absolute Gasteiger partial charge is 0.156 e. The lowest BCUT2D eigenvalue weighted by molar-refractivity contribution is 0.846. The number of aromatic nitrogens is 3. The van der Waals surface area contributed by atoms with Gasteiger partial charge in [-0.15, -0.1) is 0 Å². The lowest BCUT2D eigenvalue weighted by Gasteiger charge is -2.00. The number of nitrogens with zero attached hydrogens (tertiary/aromatic N) is 4. The molecule has 0 bridgehead atoms. The SMILES string of the molecule is N#Cc1cc(Cl)nc(-n2cccn2)c1. The lowest BCUT2D eigenvalue weighted by Crippen LogP contribution is -1.98. The fraction of sp³-hybridized carbons (Fsp3) is 0. The van der Waals surface area contributed by atoms with Gasteiger partial charge in [-0.25, -0.2) is 9.67 Å². The number of hydrogen-bond donors (Lipinski definition) is 0. The summed E-state index contributed by atoms with van der Waals surface area (Å²) >= 11 is 5.74. The Morgan fingerprint density at radius 1 is 1.43 bits per heavy atom.